The van der Waals surface area contributed by atoms with Crippen LogP contribution in [0, 0.1) is 11.3 Å². The largest absolute Gasteiger partial charge is 0.492 e. The minimum atomic E-state index is 0.609. The Bertz CT molecular complexity index is 397. The summed E-state index contributed by atoms with van der Waals surface area (Å²) in [7, 11) is 0. The molecule has 0 amide bonds. The van der Waals surface area contributed by atoms with E-state index >= 15 is 0 Å². The molecule has 0 unspecified atom stereocenters. The smallest absolute Gasteiger partial charge is 0.121 e. The molecule has 1 rings (SSSR count). The molecule has 1 aromatic carbocycles. The van der Waals surface area contributed by atoms with Gasteiger partial charge in [-0.25, -0.2) is 0 Å². The summed E-state index contributed by atoms with van der Waals surface area (Å²) in [6, 6.07) is 7.52. The molecule has 3 nitrogen and oxygen atoms in total. The highest BCUT2D eigenvalue weighted by Crippen LogP contribution is 2.21. The van der Waals surface area contributed by atoms with Gasteiger partial charge in [0.25, 0.3) is 0 Å². The van der Waals surface area contributed by atoms with E-state index in [2.05, 4.69) is 40.7 Å². The van der Waals surface area contributed by atoms with Crippen molar-refractivity contribution in [2.75, 3.05) is 26.2 Å². The summed E-state index contributed by atoms with van der Waals surface area (Å²) in [6.07, 6.45) is 0. The molecule has 0 saturated carbocycles. The Kier molecular flexibility index (Phi) is 6.03. The minimum Gasteiger partial charge on any atom is -0.492 e. The van der Waals surface area contributed by atoms with Crippen molar-refractivity contribution < 1.29 is 4.74 Å². The Morgan fingerprint density at radius 2 is 2.00 bits per heavy atom. The third-order valence-corrected chi connectivity index (χ3v) is 3.03. The van der Waals surface area contributed by atoms with E-state index in [0.29, 0.717) is 12.2 Å². The molecule has 1 aromatic rings. The van der Waals surface area contributed by atoms with E-state index in [1.807, 2.05) is 6.07 Å². The summed E-state index contributed by atoms with van der Waals surface area (Å²) in [5.74, 6) is 0.739. The number of nitrogens with zero attached hydrogens (tertiary/aromatic N) is 2. The van der Waals surface area contributed by atoms with Gasteiger partial charge in [0.2, 0.25) is 0 Å². The van der Waals surface area contributed by atoms with Gasteiger partial charge in [-0.2, -0.15) is 5.26 Å². The van der Waals surface area contributed by atoms with Crippen LogP contribution in [0.3, 0.4) is 0 Å². The summed E-state index contributed by atoms with van der Waals surface area (Å²) in [6.45, 7) is 7.88. The summed E-state index contributed by atoms with van der Waals surface area (Å²) in [5, 5.41) is 8.84. The number of hydrogen-bond acceptors (Lipinski definition) is 3. The van der Waals surface area contributed by atoms with Gasteiger partial charge in [-0.1, -0.05) is 29.8 Å². The van der Waals surface area contributed by atoms with E-state index in [4.69, 9.17) is 10.00 Å². The van der Waals surface area contributed by atoms with Crippen LogP contribution in [-0.2, 0) is 0 Å². The highest BCUT2D eigenvalue weighted by atomic mass is 79.9. The molecule has 0 heterocycles. The van der Waals surface area contributed by atoms with Crippen LogP contribution >= 0.6 is 15.9 Å². The fourth-order valence-electron chi connectivity index (χ4n) is 1.54. The van der Waals surface area contributed by atoms with Crippen LogP contribution in [0.1, 0.15) is 19.4 Å². The molecule has 0 aliphatic rings. The van der Waals surface area contributed by atoms with Crippen molar-refractivity contribution >= 4 is 15.9 Å². The molecule has 0 radical (unpaired) electrons. The highest BCUT2D eigenvalue weighted by molar-refractivity contribution is 9.10. The van der Waals surface area contributed by atoms with Gasteiger partial charge in [0.05, 0.1) is 11.6 Å². The maximum atomic E-state index is 8.84. The maximum Gasteiger partial charge on any atom is 0.121 e. The van der Waals surface area contributed by atoms with Gasteiger partial charge in [0, 0.05) is 11.0 Å². The third-order valence-electron chi connectivity index (χ3n) is 2.57. The molecule has 0 fully saturated rings. The zero-order chi connectivity index (χ0) is 12.7. The highest BCUT2D eigenvalue weighted by Gasteiger charge is 2.02. The zero-order valence-electron chi connectivity index (χ0n) is 10.2. The molecule has 92 valence electrons. The maximum absolute atomic E-state index is 8.84. The van der Waals surface area contributed by atoms with E-state index in [9.17, 15) is 0 Å². The minimum absolute atomic E-state index is 0.609. The quantitative estimate of drug-likeness (QED) is 0.809. The first-order valence-electron chi connectivity index (χ1n) is 5.75. The van der Waals surface area contributed by atoms with Gasteiger partial charge in [0.15, 0.2) is 0 Å². The predicted molar refractivity (Wildman–Crippen MR) is 72.1 cm³/mol. The van der Waals surface area contributed by atoms with Crippen LogP contribution in [0.4, 0.5) is 0 Å². The van der Waals surface area contributed by atoms with Crippen molar-refractivity contribution in [3.8, 4) is 11.8 Å². The lowest BCUT2D eigenvalue weighted by atomic mass is 10.2. The SMILES string of the molecule is CCN(CC)CCOc1cc(Br)cc(C#N)c1. The lowest BCUT2D eigenvalue weighted by Crippen LogP contribution is -2.27. The number of ether oxygens (including phenoxy) is 1. The molecular formula is C13H17BrN2O. The Balaban J connectivity index is 2.52. The lowest BCUT2D eigenvalue weighted by molar-refractivity contribution is 0.222. The molecule has 0 spiro atoms. The summed E-state index contributed by atoms with van der Waals surface area (Å²) in [5.41, 5.74) is 0.609. The van der Waals surface area contributed by atoms with E-state index in [-0.39, 0.29) is 0 Å². The molecule has 0 bridgehead atoms. The standard InChI is InChI=1S/C13H17BrN2O/c1-3-16(4-2)5-6-17-13-8-11(10-15)7-12(14)9-13/h7-9H,3-6H2,1-2H3. The second kappa shape index (κ2) is 7.31. The number of benzene rings is 1. The lowest BCUT2D eigenvalue weighted by Gasteiger charge is -2.18. The Labute approximate surface area is 111 Å². The van der Waals surface area contributed by atoms with E-state index < -0.39 is 0 Å². The average molecular weight is 297 g/mol. The molecule has 0 aromatic heterocycles. The second-order valence-corrected chi connectivity index (χ2v) is 4.58. The van der Waals surface area contributed by atoms with Crippen LogP contribution in [0.2, 0.25) is 0 Å². The first-order valence-corrected chi connectivity index (χ1v) is 6.54. The number of hydrogen-bond donors (Lipinski definition) is 0. The van der Waals surface area contributed by atoms with Crippen LogP contribution in [-0.4, -0.2) is 31.1 Å². The van der Waals surface area contributed by atoms with Gasteiger partial charge in [-0.3, -0.25) is 0 Å². The molecule has 0 aliphatic heterocycles. The fourth-order valence-corrected chi connectivity index (χ4v) is 2.02. The van der Waals surface area contributed by atoms with Gasteiger partial charge >= 0.3 is 0 Å². The number of halogens is 1. The van der Waals surface area contributed by atoms with Crippen molar-refractivity contribution in [3.05, 3.63) is 28.2 Å². The number of likely N-dealkylation sites (N-methyl/N-ethyl adjacent to an activating group) is 1. The molecule has 4 heteroatoms. The van der Waals surface area contributed by atoms with Crippen molar-refractivity contribution in [2.45, 2.75) is 13.8 Å². The van der Waals surface area contributed by atoms with Crippen molar-refractivity contribution in [3.63, 3.8) is 0 Å². The van der Waals surface area contributed by atoms with E-state index in [1.165, 1.54) is 0 Å². The van der Waals surface area contributed by atoms with E-state index in [0.717, 1.165) is 29.9 Å². The Hall–Kier alpha value is -1.05. The molecular weight excluding hydrogens is 280 g/mol. The van der Waals surface area contributed by atoms with Crippen LogP contribution in [0.25, 0.3) is 0 Å². The monoisotopic (exact) mass is 296 g/mol. The van der Waals surface area contributed by atoms with Gasteiger partial charge in [0.1, 0.15) is 12.4 Å². The van der Waals surface area contributed by atoms with Crippen molar-refractivity contribution in [1.82, 2.24) is 4.90 Å². The van der Waals surface area contributed by atoms with Crippen molar-refractivity contribution in [2.24, 2.45) is 0 Å². The first-order chi connectivity index (χ1) is 8.19. The summed E-state index contributed by atoms with van der Waals surface area (Å²) < 4.78 is 6.51. The molecule has 0 aliphatic carbocycles. The Morgan fingerprint density at radius 3 is 2.59 bits per heavy atom. The number of rotatable bonds is 6. The third kappa shape index (κ3) is 4.76. The summed E-state index contributed by atoms with van der Waals surface area (Å²) >= 11 is 3.36. The van der Waals surface area contributed by atoms with E-state index in [1.54, 1.807) is 12.1 Å². The second-order valence-electron chi connectivity index (χ2n) is 3.66. The topological polar surface area (TPSA) is 36.3 Å². The molecule has 0 N–H and O–H groups in total. The van der Waals surface area contributed by atoms with Crippen LogP contribution in [0.5, 0.6) is 5.75 Å². The molecule has 0 saturated heterocycles. The fraction of sp³-hybridized carbons (Fsp3) is 0.462. The molecule has 0 atom stereocenters. The Morgan fingerprint density at radius 1 is 1.29 bits per heavy atom. The van der Waals surface area contributed by atoms with Crippen LogP contribution in [0.15, 0.2) is 22.7 Å². The average Bonchev–Trinajstić information content (AvgIpc) is 2.34. The first kappa shape index (κ1) is 14.0. The van der Waals surface area contributed by atoms with Crippen LogP contribution < -0.4 is 4.74 Å². The molecule has 17 heavy (non-hydrogen) atoms. The number of nitriles is 1. The van der Waals surface area contributed by atoms with Gasteiger partial charge in [-0.05, 0) is 31.3 Å². The summed E-state index contributed by atoms with van der Waals surface area (Å²) in [4.78, 5) is 2.29. The van der Waals surface area contributed by atoms with Gasteiger partial charge < -0.3 is 9.64 Å². The predicted octanol–water partition coefficient (Wildman–Crippen LogP) is 3.04. The normalized spacial score (nSPS) is 10.3. The van der Waals surface area contributed by atoms with Crippen molar-refractivity contribution in [1.29, 1.82) is 5.26 Å². The zero-order valence-corrected chi connectivity index (χ0v) is 11.8. The van der Waals surface area contributed by atoms with Gasteiger partial charge in [-0.15, -0.1) is 0 Å².